The van der Waals surface area contributed by atoms with Crippen LogP contribution >= 0.6 is 0 Å². The molecule has 1 aromatic rings. The highest BCUT2D eigenvalue weighted by Gasteiger charge is 2.25. The minimum atomic E-state index is -1.25. The topological polar surface area (TPSA) is 66.8 Å². The summed E-state index contributed by atoms with van der Waals surface area (Å²) in [7, 11) is 0. The van der Waals surface area contributed by atoms with Gasteiger partial charge >= 0.3 is 0 Å². The first kappa shape index (κ1) is 28.8. The van der Waals surface area contributed by atoms with Crippen LogP contribution in [0.15, 0.2) is 30.3 Å². The van der Waals surface area contributed by atoms with Gasteiger partial charge in [0.2, 0.25) is 0 Å². The van der Waals surface area contributed by atoms with E-state index in [9.17, 15) is 15.0 Å². The van der Waals surface area contributed by atoms with Crippen LogP contribution in [0.2, 0.25) is 0 Å². The number of aliphatic hydroxyl groups is 2. The second kappa shape index (κ2) is 20.4. The van der Waals surface area contributed by atoms with E-state index in [1.807, 2.05) is 30.3 Å². The zero-order valence-corrected chi connectivity index (χ0v) is 20.5. The zero-order chi connectivity index (χ0) is 23.3. The highest BCUT2D eigenvalue weighted by molar-refractivity contribution is 5.83. The van der Waals surface area contributed by atoms with Crippen molar-refractivity contribution in [3.05, 3.63) is 35.9 Å². The molecule has 4 heteroatoms. The Kier molecular flexibility index (Phi) is 18.3. The van der Waals surface area contributed by atoms with Gasteiger partial charge in [0.05, 0.1) is 13.2 Å². The van der Waals surface area contributed by atoms with Crippen molar-refractivity contribution in [3.8, 4) is 0 Å². The molecule has 0 amide bonds. The molecule has 0 aliphatic carbocycles. The summed E-state index contributed by atoms with van der Waals surface area (Å²) >= 11 is 0. The van der Waals surface area contributed by atoms with Crippen LogP contribution in [0.4, 0.5) is 0 Å². The number of rotatable bonds is 22. The second-order valence-electron chi connectivity index (χ2n) is 9.13. The maximum atomic E-state index is 12.2. The molecule has 0 saturated heterocycles. The lowest BCUT2D eigenvalue weighted by Gasteiger charge is -2.20. The molecule has 0 aliphatic rings. The summed E-state index contributed by atoms with van der Waals surface area (Å²) in [6, 6.07) is 9.56. The highest BCUT2D eigenvalue weighted by atomic mass is 16.5. The number of hydrogen-bond acceptors (Lipinski definition) is 4. The number of carbonyl (C=O) groups excluding carboxylic acids is 1. The Bertz CT molecular complexity index is 546. The van der Waals surface area contributed by atoms with E-state index in [1.165, 1.54) is 77.0 Å². The number of unbranched alkanes of at least 4 members (excludes halogenated alkanes) is 14. The van der Waals surface area contributed by atoms with Crippen molar-refractivity contribution in [1.82, 2.24) is 0 Å². The van der Waals surface area contributed by atoms with Crippen LogP contribution in [0, 0.1) is 0 Å². The van der Waals surface area contributed by atoms with E-state index in [-0.39, 0.29) is 19.0 Å². The summed E-state index contributed by atoms with van der Waals surface area (Å²) < 4.78 is 5.57. The van der Waals surface area contributed by atoms with Gasteiger partial charge in [-0.05, 0) is 12.0 Å². The molecule has 4 nitrogen and oxygen atoms in total. The van der Waals surface area contributed by atoms with Crippen molar-refractivity contribution >= 4 is 5.78 Å². The van der Waals surface area contributed by atoms with Gasteiger partial charge in [0.25, 0.3) is 0 Å². The lowest BCUT2D eigenvalue weighted by atomic mass is 10.0. The molecule has 0 bridgehead atoms. The smallest absolute Gasteiger partial charge is 0.164 e. The van der Waals surface area contributed by atoms with Crippen LogP contribution in [0.5, 0.6) is 0 Å². The Balaban J connectivity index is 1.96. The average Bonchev–Trinajstić information content (AvgIpc) is 2.82. The van der Waals surface area contributed by atoms with Crippen molar-refractivity contribution in [1.29, 1.82) is 0 Å². The molecule has 0 fully saturated rings. The lowest BCUT2D eigenvalue weighted by Crippen LogP contribution is -2.38. The summed E-state index contributed by atoms with van der Waals surface area (Å²) in [6.45, 7) is 2.18. The highest BCUT2D eigenvalue weighted by Crippen LogP contribution is 2.15. The van der Waals surface area contributed by atoms with E-state index in [0.29, 0.717) is 6.42 Å². The number of ketones is 1. The van der Waals surface area contributed by atoms with Crippen LogP contribution in [-0.4, -0.2) is 34.8 Å². The van der Waals surface area contributed by atoms with Crippen LogP contribution in [0.3, 0.4) is 0 Å². The Morgan fingerprint density at radius 3 is 1.72 bits per heavy atom. The van der Waals surface area contributed by atoms with Crippen LogP contribution in [0.25, 0.3) is 0 Å². The summed E-state index contributed by atoms with van der Waals surface area (Å²) in [5, 5.41) is 19.7. The fraction of sp³-hybridized carbons (Fsp3) is 0.750. The maximum Gasteiger partial charge on any atom is 0.164 e. The van der Waals surface area contributed by atoms with Gasteiger partial charge in [-0.1, -0.05) is 127 Å². The molecule has 0 heterocycles. The van der Waals surface area contributed by atoms with Gasteiger partial charge in [-0.25, -0.2) is 0 Å². The lowest BCUT2D eigenvalue weighted by molar-refractivity contribution is -0.140. The Morgan fingerprint density at radius 2 is 1.25 bits per heavy atom. The summed E-state index contributed by atoms with van der Waals surface area (Å²) in [6.07, 6.45) is 17.5. The van der Waals surface area contributed by atoms with Crippen molar-refractivity contribution in [3.63, 3.8) is 0 Å². The quantitative estimate of drug-likeness (QED) is 0.192. The third-order valence-electron chi connectivity index (χ3n) is 6.20. The average molecular weight is 449 g/mol. The third-order valence-corrected chi connectivity index (χ3v) is 6.20. The Hall–Kier alpha value is -1.23. The van der Waals surface area contributed by atoms with E-state index >= 15 is 0 Å². The van der Waals surface area contributed by atoms with Gasteiger partial charge in [-0.15, -0.1) is 0 Å². The SMILES string of the molecule is CCCCCCCCCCCCCCCCCC(=O)C(O)C(CO)OCc1ccccc1. The first-order valence-corrected chi connectivity index (χ1v) is 13.2. The summed E-state index contributed by atoms with van der Waals surface area (Å²) in [4.78, 5) is 12.2. The number of carbonyl (C=O) groups is 1. The van der Waals surface area contributed by atoms with E-state index in [4.69, 9.17) is 4.74 Å². The van der Waals surface area contributed by atoms with Crippen LogP contribution in [-0.2, 0) is 16.1 Å². The van der Waals surface area contributed by atoms with E-state index in [2.05, 4.69) is 6.92 Å². The second-order valence-corrected chi connectivity index (χ2v) is 9.13. The summed E-state index contributed by atoms with van der Waals surface area (Å²) in [5.41, 5.74) is 0.952. The number of hydrogen-bond donors (Lipinski definition) is 2. The molecule has 2 unspecified atom stereocenters. The molecule has 0 aliphatic heterocycles. The fourth-order valence-corrected chi connectivity index (χ4v) is 4.05. The van der Waals surface area contributed by atoms with E-state index in [0.717, 1.165) is 24.8 Å². The molecule has 2 N–H and O–H groups in total. The van der Waals surface area contributed by atoms with Crippen molar-refractivity contribution < 1.29 is 19.7 Å². The number of Topliss-reactive ketones (excluding diaryl/α,β-unsaturated/α-hetero) is 1. The first-order valence-electron chi connectivity index (χ1n) is 13.2. The van der Waals surface area contributed by atoms with Crippen molar-refractivity contribution in [2.24, 2.45) is 0 Å². The number of aliphatic hydroxyl groups excluding tert-OH is 2. The molecule has 1 aromatic carbocycles. The van der Waals surface area contributed by atoms with Crippen molar-refractivity contribution in [2.75, 3.05) is 6.61 Å². The van der Waals surface area contributed by atoms with Crippen LogP contribution in [0.1, 0.15) is 115 Å². The minimum absolute atomic E-state index is 0.230. The Labute approximate surface area is 196 Å². The molecular formula is C28H48O4. The largest absolute Gasteiger partial charge is 0.394 e. The maximum absolute atomic E-state index is 12.2. The molecule has 2 atom stereocenters. The normalized spacial score (nSPS) is 13.2. The van der Waals surface area contributed by atoms with Gasteiger partial charge in [-0.3, -0.25) is 4.79 Å². The molecule has 184 valence electrons. The standard InChI is InChI=1S/C28H48O4/c1-2-3-4-5-6-7-8-9-10-11-12-13-14-15-19-22-26(30)28(31)27(23-29)32-24-25-20-17-16-18-21-25/h16-18,20-21,27-29,31H,2-15,19,22-24H2,1H3. The van der Waals surface area contributed by atoms with Gasteiger partial charge < -0.3 is 14.9 Å². The molecule has 0 radical (unpaired) electrons. The first-order chi connectivity index (χ1) is 15.7. The number of benzene rings is 1. The van der Waals surface area contributed by atoms with Gasteiger partial charge in [0, 0.05) is 6.42 Å². The molecule has 1 rings (SSSR count). The predicted octanol–water partition coefficient (Wildman–Crippen LogP) is 6.76. The molecule has 0 spiro atoms. The van der Waals surface area contributed by atoms with E-state index < -0.39 is 12.2 Å². The molecule has 32 heavy (non-hydrogen) atoms. The predicted molar refractivity (Wildman–Crippen MR) is 133 cm³/mol. The molecular weight excluding hydrogens is 400 g/mol. The number of ether oxygens (including phenoxy) is 1. The zero-order valence-electron chi connectivity index (χ0n) is 20.5. The molecule has 0 saturated carbocycles. The van der Waals surface area contributed by atoms with Crippen LogP contribution < -0.4 is 0 Å². The fourth-order valence-electron chi connectivity index (χ4n) is 4.05. The van der Waals surface area contributed by atoms with Gasteiger partial charge in [0.1, 0.15) is 12.2 Å². The minimum Gasteiger partial charge on any atom is -0.394 e. The Morgan fingerprint density at radius 1 is 0.781 bits per heavy atom. The van der Waals surface area contributed by atoms with E-state index in [1.54, 1.807) is 0 Å². The van der Waals surface area contributed by atoms with Crippen molar-refractivity contribution in [2.45, 2.75) is 128 Å². The molecule has 0 aromatic heterocycles. The van der Waals surface area contributed by atoms with Gasteiger partial charge in [-0.2, -0.15) is 0 Å². The summed E-state index contributed by atoms with van der Waals surface area (Å²) in [5.74, 6) is -0.230. The monoisotopic (exact) mass is 448 g/mol. The third kappa shape index (κ3) is 14.8. The van der Waals surface area contributed by atoms with Gasteiger partial charge in [0.15, 0.2) is 5.78 Å².